The van der Waals surface area contributed by atoms with Crippen LogP contribution in [0.5, 0.6) is 5.75 Å². The summed E-state index contributed by atoms with van der Waals surface area (Å²) in [6, 6.07) is 12.3. The molecule has 2 aromatic heterocycles. The molecule has 5 heteroatoms. The Kier molecular flexibility index (Phi) is 2.93. The van der Waals surface area contributed by atoms with E-state index in [1.54, 1.807) is 30.5 Å². The van der Waals surface area contributed by atoms with Crippen LogP contribution >= 0.6 is 11.6 Å². The van der Waals surface area contributed by atoms with Crippen LogP contribution in [0.2, 0.25) is 5.02 Å². The van der Waals surface area contributed by atoms with Crippen LogP contribution in [0.1, 0.15) is 0 Å². The Morgan fingerprint density at radius 2 is 1.95 bits per heavy atom. The van der Waals surface area contributed by atoms with Crippen LogP contribution in [0.15, 0.2) is 53.2 Å². The first kappa shape index (κ1) is 11.7. The smallest absolute Gasteiger partial charge is 0.185 e. The molecule has 94 valence electrons. The highest BCUT2D eigenvalue weighted by molar-refractivity contribution is 6.32. The van der Waals surface area contributed by atoms with Gasteiger partial charge in [-0.15, -0.1) is 0 Å². The molecule has 1 aromatic carbocycles. The Morgan fingerprint density at radius 1 is 1.05 bits per heavy atom. The topological polar surface area (TPSA) is 59.2 Å². The predicted molar refractivity (Wildman–Crippen MR) is 71.8 cm³/mol. The number of rotatable bonds is 2. The van der Waals surface area contributed by atoms with Gasteiger partial charge in [0.25, 0.3) is 0 Å². The normalized spacial score (nSPS) is 10.6. The average Bonchev–Trinajstić information content (AvgIpc) is 2.92. The van der Waals surface area contributed by atoms with Gasteiger partial charge < -0.3 is 9.63 Å². The van der Waals surface area contributed by atoms with Crippen molar-refractivity contribution in [2.75, 3.05) is 0 Å². The van der Waals surface area contributed by atoms with Crippen molar-refractivity contribution in [2.24, 2.45) is 0 Å². The van der Waals surface area contributed by atoms with Gasteiger partial charge in [-0.3, -0.25) is 4.98 Å². The third-order valence-corrected chi connectivity index (χ3v) is 3.00. The van der Waals surface area contributed by atoms with Gasteiger partial charge in [0.2, 0.25) is 0 Å². The Morgan fingerprint density at radius 3 is 2.74 bits per heavy atom. The first-order valence-corrected chi connectivity index (χ1v) is 5.99. The minimum atomic E-state index is -0.00922. The summed E-state index contributed by atoms with van der Waals surface area (Å²) < 4.78 is 5.23. The molecule has 0 saturated carbocycles. The number of aromatic nitrogens is 2. The van der Waals surface area contributed by atoms with E-state index < -0.39 is 0 Å². The summed E-state index contributed by atoms with van der Waals surface area (Å²) in [5.74, 6) is 0.528. The number of hydrogen-bond donors (Lipinski definition) is 1. The van der Waals surface area contributed by atoms with Crippen LogP contribution in [-0.2, 0) is 0 Å². The summed E-state index contributed by atoms with van der Waals surface area (Å²) >= 11 is 5.87. The second kappa shape index (κ2) is 4.74. The minimum Gasteiger partial charge on any atom is -0.506 e. The summed E-state index contributed by atoms with van der Waals surface area (Å²) in [5, 5.41) is 14.1. The third-order valence-electron chi connectivity index (χ3n) is 2.69. The number of para-hydroxylation sites is 1. The molecule has 0 atom stereocenters. The first-order valence-electron chi connectivity index (χ1n) is 5.61. The monoisotopic (exact) mass is 272 g/mol. The molecule has 3 rings (SSSR count). The molecule has 3 aromatic rings. The fraction of sp³-hybridized carbons (Fsp3) is 0. The van der Waals surface area contributed by atoms with Crippen LogP contribution in [0.3, 0.4) is 0 Å². The van der Waals surface area contributed by atoms with E-state index in [2.05, 4.69) is 10.1 Å². The van der Waals surface area contributed by atoms with E-state index in [-0.39, 0.29) is 10.8 Å². The molecular formula is C14H9ClN2O2. The van der Waals surface area contributed by atoms with Gasteiger partial charge in [-0.25, -0.2) is 0 Å². The number of aromatic hydroxyl groups is 1. The summed E-state index contributed by atoms with van der Waals surface area (Å²) in [5.41, 5.74) is 1.72. The molecule has 1 N–H and O–H groups in total. The standard InChI is InChI=1S/C14H9ClN2O2/c15-10-5-3-4-9(14(10)18)12-8-13(19-17-12)11-6-1-2-7-16-11/h1-8,18H. The van der Waals surface area contributed by atoms with Crippen LogP contribution in [0.4, 0.5) is 0 Å². The highest BCUT2D eigenvalue weighted by Crippen LogP contribution is 2.35. The van der Waals surface area contributed by atoms with Crippen LogP contribution in [0.25, 0.3) is 22.7 Å². The van der Waals surface area contributed by atoms with Gasteiger partial charge in [0.1, 0.15) is 17.1 Å². The van der Waals surface area contributed by atoms with Gasteiger partial charge in [0.15, 0.2) is 5.76 Å². The third kappa shape index (κ3) is 2.18. The molecule has 0 aliphatic heterocycles. The van der Waals surface area contributed by atoms with Crippen molar-refractivity contribution in [3.63, 3.8) is 0 Å². The molecule has 0 saturated heterocycles. The lowest BCUT2D eigenvalue weighted by molar-refractivity contribution is 0.432. The maximum absolute atomic E-state index is 9.90. The van der Waals surface area contributed by atoms with Gasteiger partial charge in [-0.2, -0.15) is 0 Å². The number of nitrogens with zero attached hydrogens (tertiary/aromatic N) is 2. The lowest BCUT2D eigenvalue weighted by Gasteiger charge is -2.01. The molecule has 0 aliphatic rings. The second-order valence-corrected chi connectivity index (χ2v) is 4.33. The van der Waals surface area contributed by atoms with Crippen molar-refractivity contribution in [1.29, 1.82) is 0 Å². The molecule has 0 fully saturated rings. The lowest BCUT2D eigenvalue weighted by Crippen LogP contribution is -1.79. The van der Waals surface area contributed by atoms with Gasteiger partial charge in [0, 0.05) is 17.8 Å². The molecule has 4 nitrogen and oxygen atoms in total. The minimum absolute atomic E-state index is 0.00922. The molecule has 0 spiro atoms. The highest BCUT2D eigenvalue weighted by atomic mass is 35.5. The van der Waals surface area contributed by atoms with Gasteiger partial charge in [0.05, 0.1) is 5.02 Å². The predicted octanol–water partition coefficient (Wildman–Crippen LogP) is 3.76. The number of pyridine rings is 1. The molecule has 0 unspecified atom stereocenters. The van der Waals surface area contributed by atoms with E-state index in [0.29, 0.717) is 22.7 Å². The SMILES string of the molecule is Oc1c(Cl)cccc1-c1cc(-c2ccccn2)on1. The maximum Gasteiger partial charge on any atom is 0.185 e. The van der Waals surface area contributed by atoms with E-state index in [9.17, 15) is 5.11 Å². The molecule has 19 heavy (non-hydrogen) atoms. The summed E-state index contributed by atoms with van der Waals surface area (Å²) in [6.07, 6.45) is 1.67. The second-order valence-electron chi connectivity index (χ2n) is 3.93. The molecule has 2 heterocycles. The van der Waals surface area contributed by atoms with E-state index in [4.69, 9.17) is 16.1 Å². The fourth-order valence-corrected chi connectivity index (χ4v) is 1.93. The Balaban J connectivity index is 2.05. The van der Waals surface area contributed by atoms with Crippen molar-refractivity contribution >= 4 is 11.6 Å². The Labute approximate surface area is 114 Å². The molecule has 0 aliphatic carbocycles. The number of hydrogen-bond acceptors (Lipinski definition) is 4. The van der Waals surface area contributed by atoms with E-state index >= 15 is 0 Å². The van der Waals surface area contributed by atoms with E-state index in [0.717, 1.165) is 0 Å². The quantitative estimate of drug-likeness (QED) is 0.771. The van der Waals surface area contributed by atoms with E-state index in [1.165, 1.54) is 0 Å². The van der Waals surface area contributed by atoms with E-state index in [1.807, 2.05) is 18.2 Å². The summed E-state index contributed by atoms with van der Waals surface area (Å²) in [7, 11) is 0. The van der Waals surface area contributed by atoms with Crippen molar-refractivity contribution in [3.8, 4) is 28.5 Å². The number of phenols is 1. The van der Waals surface area contributed by atoms with Crippen LogP contribution in [0, 0.1) is 0 Å². The van der Waals surface area contributed by atoms with Crippen LogP contribution < -0.4 is 0 Å². The largest absolute Gasteiger partial charge is 0.506 e. The summed E-state index contributed by atoms with van der Waals surface area (Å²) in [4.78, 5) is 4.17. The van der Waals surface area contributed by atoms with Crippen LogP contribution in [-0.4, -0.2) is 15.2 Å². The molecular weight excluding hydrogens is 264 g/mol. The number of phenolic OH excluding ortho intramolecular Hbond substituents is 1. The molecule has 0 bridgehead atoms. The van der Waals surface area contributed by atoms with Gasteiger partial charge >= 0.3 is 0 Å². The van der Waals surface area contributed by atoms with Gasteiger partial charge in [-0.05, 0) is 24.3 Å². The maximum atomic E-state index is 9.90. The van der Waals surface area contributed by atoms with Crippen molar-refractivity contribution in [3.05, 3.63) is 53.7 Å². The zero-order valence-electron chi connectivity index (χ0n) is 9.75. The number of benzene rings is 1. The van der Waals surface area contributed by atoms with Crippen molar-refractivity contribution < 1.29 is 9.63 Å². The zero-order chi connectivity index (χ0) is 13.2. The van der Waals surface area contributed by atoms with Crippen molar-refractivity contribution in [2.45, 2.75) is 0 Å². The average molecular weight is 273 g/mol. The fourth-order valence-electron chi connectivity index (χ4n) is 1.75. The summed E-state index contributed by atoms with van der Waals surface area (Å²) in [6.45, 7) is 0. The molecule has 0 amide bonds. The highest BCUT2D eigenvalue weighted by Gasteiger charge is 2.13. The van der Waals surface area contributed by atoms with Crippen molar-refractivity contribution in [1.82, 2.24) is 10.1 Å². The zero-order valence-corrected chi connectivity index (χ0v) is 10.5. The molecule has 0 radical (unpaired) electrons. The Bertz CT molecular complexity index is 710. The Hall–Kier alpha value is -2.33. The first-order chi connectivity index (χ1) is 9.25. The number of halogens is 1. The lowest BCUT2D eigenvalue weighted by atomic mass is 10.1. The van der Waals surface area contributed by atoms with Gasteiger partial charge in [-0.1, -0.05) is 28.9 Å².